The van der Waals surface area contributed by atoms with Crippen LogP contribution in [0, 0.1) is 5.41 Å². The van der Waals surface area contributed by atoms with E-state index in [9.17, 15) is 9.59 Å². The molecule has 0 N–H and O–H groups in total. The minimum atomic E-state index is -0.174. The van der Waals surface area contributed by atoms with Crippen LogP contribution in [0.4, 0.5) is 0 Å². The number of rotatable bonds is 4. The molecule has 1 heterocycles. The summed E-state index contributed by atoms with van der Waals surface area (Å²) in [7, 11) is 3.98. The second-order valence-electron chi connectivity index (χ2n) is 6.14. The fourth-order valence-electron chi connectivity index (χ4n) is 2.72. The lowest BCUT2D eigenvalue weighted by atomic mass is 9.92. The Kier molecular flexibility index (Phi) is 3.45. The highest BCUT2D eigenvalue weighted by Gasteiger charge is 2.38. The molecule has 2 amide bonds. The molecule has 0 spiro atoms. The third-order valence-corrected chi connectivity index (χ3v) is 3.21. The van der Waals surface area contributed by atoms with Crippen LogP contribution in [-0.2, 0) is 0 Å². The Hall–Kier alpha value is -1.68. The highest BCUT2D eigenvalue weighted by Crippen LogP contribution is 2.27. The number of amides is 2. The molecule has 1 aliphatic rings. The predicted molar refractivity (Wildman–Crippen MR) is 74.1 cm³/mol. The van der Waals surface area contributed by atoms with Crippen molar-refractivity contribution in [1.82, 2.24) is 9.80 Å². The number of benzene rings is 1. The maximum Gasteiger partial charge on any atom is 0.261 e. The molecule has 0 saturated heterocycles. The molecule has 0 unspecified atom stereocenters. The minimum Gasteiger partial charge on any atom is -0.309 e. The predicted octanol–water partition coefficient (Wildman–Crippen LogP) is 1.87. The van der Waals surface area contributed by atoms with E-state index in [0.717, 1.165) is 6.54 Å². The number of carbonyl (C=O) groups excluding carboxylic acids is 2. The van der Waals surface area contributed by atoms with Gasteiger partial charge in [0.2, 0.25) is 0 Å². The van der Waals surface area contributed by atoms with Crippen LogP contribution in [-0.4, -0.2) is 48.8 Å². The molecule has 0 aromatic heterocycles. The molecule has 102 valence electrons. The smallest absolute Gasteiger partial charge is 0.261 e. The first-order valence-electron chi connectivity index (χ1n) is 6.42. The SMILES string of the molecule is CN(C)CC(C)(C)CN1C(=O)c2ccccc2C1=O. The van der Waals surface area contributed by atoms with E-state index in [0.29, 0.717) is 17.7 Å². The molecule has 1 aromatic rings. The van der Waals surface area contributed by atoms with Gasteiger partial charge in [-0.2, -0.15) is 0 Å². The maximum absolute atomic E-state index is 12.3. The van der Waals surface area contributed by atoms with E-state index in [2.05, 4.69) is 18.7 Å². The van der Waals surface area contributed by atoms with Gasteiger partial charge in [-0.1, -0.05) is 26.0 Å². The number of fused-ring (bicyclic) bond motifs is 1. The van der Waals surface area contributed by atoms with Crippen molar-refractivity contribution in [2.45, 2.75) is 13.8 Å². The summed E-state index contributed by atoms with van der Waals surface area (Å²) in [5, 5.41) is 0. The van der Waals surface area contributed by atoms with Gasteiger partial charge in [-0.3, -0.25) is 14.5 Å². The average Bonchev–Trinajstić information content (AvgIpc) is 2.53. The van der Waals surface area contributed by atoms with Crippen LogP contribution in [0.2, 0.25) is 0 Å². The quantitative estimate of drug-likeness (QED) is 0.776. The van der Waals surface area contributed by atoms with Gasteiger partial charge >= 0.3 is 0 Å². The molecule has 19 heavy (non-hydrogen) atoms. The third kappa shape index (κ3) is 2.68. The molecule has 0 atom stereocenters. The van der Waals surface area contributed by atoms with Crippen LogP contribution in [0.25, 0.3) is 0 Å². The van der Waals surface area contributed by atoms with Crippen molar-refractivity contribution in [2.75, 3.05) is 27.2 Å². The van der Waals surface area contributed by atoms with E-state index in [1.54, 1.807) is 24.3 Å². The number of imide groups is 1. The van der Waals surface area contributed by atoms with Crippen LogP contribution in [0.5, 0.6) is 0 Å². The summed E-state index contributed by atoms with van der Waals surface area (Å²) >= 11 is 0. The molecule has 1 aromatic carbocycles. The lowest BCUT2D eigenvalue weighted by molar-refractivity contribution is 0.0570. The van der Waals surface area contributed by atoms with Crippen molar-refractivity contribution in [3.05, 3.63) is 35.4 Å². The third-order valence-electron chi connectivity index (χ3n) is 3.21. The van der Waals surface area contributed by atoms with E-state index >= 15 is 0 Å². The van der Waals surface area contributed by atoms with Crippen LogP contribution in [0.1, 0.15) is 34.6 Å². The molecular weight excluding hydrogens is 240 g/mol. The van der Waals surface area contributed by atoms with E-state index in [4.69, 9.17) is 0 Å². The summed E-state index contributed by atoms with van der Waals surface area (Å²) in [6.45, 7) is 5.39. The van der Waals surface area contributed by atoms with Crippen molar-refractivity contribution >= 4 is 11.8 Å². The van der Waals surface area contributed by atoms with Crippen molar-refractivity contribution in [1.29, 1.82) is 0 Å². The van der Waals surface area contributed by atoms with E-state index in [-0.39, 0.29) is 17.2 Å². The van der Waals surface area contributed by atoms with Crippen LogP contribution >= 0.6 is 0 Å². The summed E-state index contributed by atoms with van der Waals surface area (Å²) in [6, 6.07) is 7.01. The molecule has 0 radical (unpaired) electrons. The number of nitrogens with zero attached hydrogens (tertiary/aromatic N) is 2. The van der Waals surface area contributed by atoms with Crippen LogP contribution in [0.15, 0.2) is 24.3 Å². The van der Waals surface area contributed by atoms with Gasteiger partial charge in [0.05, 0.1) is 11.1 Å². The van der Waals surface area contributed by atoms with Gasteiger partial charge in [-0.05, 0) is 31.6 Å². The first-order chi connectivity index (χ1) is 8.82. The summed E-state index contributed by atoms with van der Waals surface area (Å²) in [5.74, 6) is -0.347. The van der Waals surface area contributed by atoms with Gasteiger partial charge in [-0.15, -0.1) is 0 Å². The summed E-state index contributed by atoms with van der Waals surface area (Å²) < 4.78 is 0. The molecule has 1 aliphatic heterocycles. The van der Waals surface area contributed by atoms with Crippen molar-refractivity contribution in [3.8, 4) is 0 Å². The lowest BCUT2D eigenvalue weighted by Crippen LogP contribution is -2.42. The summed E-state index contributed by atoms with van der Waals surface area (Å²) in [4.78, 5) is 28.0. The van der Waals surface area contributed by atoms with E-state index in [1.165, 1.54) is 4.90 Å². The lowest BCUT2D eigenvalue weighted by Gasteiger charge is -2.31. The zero-order chi connectivity index (χ0) is 14.2. The highest BCUT2D eigenvalue weighted by atomic mass is 16.2. The van der Waals surface area contributed by atoms with Crippen LogP contribution in [0.3, 0.4) is 0 Å². The Labute approximate surface area is 114 Å². The number of hydrogen-bond donors (Lipinski definition) is 0. The molecule has 0 bridgehead atoms. The first-order valence-corrected chi connectivity index (χ1v) is 6.42. The van der Waals surface area contributed by atoms with Gasteiger partial charge < -0.3 is 4.90 Å². The Bertz CT molecular complexity index is 486. The summed E-state index contributed by atoms with van der Waals surface area (Å²) in [5.41, 5.74) is 0.915. The number of hydrogen-bond acceptors (Lipinski definition) is 3. The standard InChI is InChI=1S/C15H20N2O2/c1-15(2,9-16(3)4)10-17-13(18)11-7-5-6-8-12(11)14(17)19/h5-8H,9-10H2,1-4H3. The molecule has 0 aliphatic carbocycles. The Morgan fingerprint density at radius 2 is 1.53 bits per heavy atom. The Morgan fingerprint density at radius 1 is 1.05 bits per heavy atom. The first kappa shape index (κ1) is 13.7. The second kappa shape index (κ2) is 4.78. The maximum atomic E-state index is 12.3. The summed E-state index contributed by atoms with van der Waals surface area (Å²) in [6.07, 6.45) is 0. The molecule has 4 nitrogen and oxygen atoms in total. The molecule has 2 rings (SSSR count). The van der Waals surface area contributed by atoms with Crippen molar-refractivity contribution in [3.63, 3.8) is 0 Å². The zero-order valence-electron chi connectivity index (χ0n) is 11.9. The van der Waals surface area contributed by atoms with E-state index < -0.39 is 0 Å². The molecule has 4 heteroatoms. The molecule has 0 fully saturated rings. The number of carbonyl (C=O) groups is 2. The van der Waals surface area contributed by atoms with Crippen molar-refractivity contribution in [2.24, 2.45) is 5.41 Å². The van der Waals surface area contributed by atoms with Gasteiger partial charge in [-0.25, -0.2) is 0 Å². The second-order valence-corrected chi connectivity index (χ2v) is 6.14. The van der Waals surface area contributed by atoms with Gasteiger partial charge in [0.15, 0.2) is 0 Å². The van der Waals surface area contributed by atoms with Crippen LogP contribution < -0.4 is 0 Å². The molecular formula is C15H20N2O2. The topological polar surface area (TPSA) is 40.6 Å². The van der Waals surface area contributed by atoms with E-state index in [1.807, 2.05) is 14.1 Å². The normalized spacial score (nSPS) is 15.3. The highest BCUT2D eigenvalue weighted by molar-refractivity contribution is 6.21. The average molecular weight is 260 g/mol. The largest absolute Gasteiger partial charge is 0.309 e. The fraction of sp³-hybridized carbons (Fsp3) is 0.467. The zero-order valence-corrected chi connectivity index (χ0v) is 11.9. The minimum absolute atomic E-state index is 0.128. The van der Waals surface area contributed by atoms with Gasteiger partial charge in [0, 0.05) is 13.1 Å². The Balaban J connectivity index is 2.21. The van der Waals surface area contributed by atoms with Gasteiger partial charge in [0.1, 0.15) is 0 Å². The fourth-order valence-corrected chi connectivity index (χ4v) is 2.72. The Morgan fingerprint density at radius 3 is 1.95 bits per heavy atom. The van der Waals surface area contributed by atoms with Crippen molar-refractivity contribution < 1.29 is 9.59 Å². The monoisotopic (exact) mass is 260 g/mol. The van der Waals surface area contributed by atoms with Gasteiger partial charge in [0.25, 0.3) is 11.8 Å². The molecule has 0 saturated carbocycles.